The molecule has 6 heteroatoms. The summed E-state index contributed by atoms with van der Waals surface area (Å²) < 4.78 is 11.0. The normalized spacial score (nSPS) is 17.1. The third-order valence-corrected chi connectivity index (χ3v) is 4.61. The highest BCUT2D eigenvalue weighted by atomic mass is 16.5. The van der Waals surface area contributed by atoms with Crippen molar-refractivity contribution in [2.24, 2.45) is 5.92 Å². The predicted molar refractivity (Wildman–Crippen MR) is 99.2 cm³/mol. The van der Waals surface area contributed by atoms with Crippen LogP contribution in [0.1, 0.15) is 37.0 Å². The molecule has 1 N–H and O–H groups in total. The van der Waals surface area contributed by atoms with Crippen LogP contribution in [0.15, 0.2) is 52.1 Å². The van der Waals surface area contributed by atoms with Crippen molar-refractivity contribution in [3.05, 3.63) is 64.8 Å². The van der Waals surface area contributed by atoms with Gasteiger partial charge in [-0.1, -0.05) is 26.0 Å². The first-order chi connectivity index (χ1) is 12.8. The largest absolute Gasteiger partial charge is 0.503 e. The molecule has 1 unspecified atom stereocenters. The van der Waals surface area contributed by atoms with Crippen LogP contribution in [-0.4, -0.2) is 28.8 Å². The van der Waals surface area contributed by atoms with E-state index in [1.807, 2.05) is 24.3 Å². The Kier molecular flexibility index (Phi) is 5.08. The van der Waals surface area contributed by atoms with Crippen LogP contribution < -0.4 is 4.74 Å². The predicted octanol–water partition coefficient (Wildman–Crippen LogP) is 3.72. The minimum atomic E-state index is -0.757. The Hall–Kier alpha value is -3.02. The van der Waals surface area contributed by atoms with Gasteiger partial charge in [-0.05, 0) is 36.8 Å². The monoisotopic (exact) mass is 369 g/mol. The quantitative estimate of drug-likeness (QED) is 0.839. The van der Waals surface area contributed by atoms with Crippen molar-refractivity contribution in [3.63, 3.8) is 0 Å². The lowest BCUT2D eigenvalue weighted by Crippen LogP contribution is -2.31. The summed E-state index contributed by atoms with van der Waals surface area (Å²) in [5.74, 6) is 0.0772. The van der Waals surface area contributed by atoms with Crippen molar-refractivity contribution in [3.8, 4) is 5.75 Å². The number of amides is 1. The van der Waals surface area contributed by atoms with Gasteiger partial charge in [-0.15, -0.1) is 0 Å². The smallest absolute Gasteiger partial charge is 0.290 e. The van der Waals surface area contributed by atoms with Crippen molar-refractivity contribution < 1.29 is 23.8 Å². The highest BCUT2D eigenvalue weighted by Gasteiger charge is 2.45. The number of aryl methyl sites for hydroxylation is 1. The molecule has 1 amide bonds. The Bertz CT molecular complexity index is 909. The molecule has 0 bridgehead atoms. The second-order valence-electron chi connectivity index (χ2n) is 6.92. The van der Waals surface area contributed by atoms with Crippen LogP contribution in [0.4, 0.5) is 0 Å². The molecule has 0 saturated heterocycles. The van der Waals surface area contributed by atoms with E-state index in [1.165, 1.54) is 4.90 Å². The molecule has 1 aromatic carbocycles. The van der Waals surface area contributed by atoms with E-state index in [0.29, 0.717) is 17.3 Å². The number of aliphatic hydroxyl groups is 1. The topological polar surface area (TPSA) is 80.0 Å². The average molecular weight is 369 g/mol. The fraction of sp³-hybridized carbons (Fsp3) is 0.333. The van der Waals surface area contributed by atoms with Gasteiger partial charge < -0.3 is 19.2 Å². The number of benzene rings is 1. The third kappa shape index (κ3) is 3.47. The summed E-state index contributed by atoms with van der Waals surface area (Å²) in [6, 6.07) is 10.1. The maximum atomic E-state index is 12.8. The zero-order chi connectivity index (χ0) is 19.7. The second-order valence-corrected chi connectivity index (χ2v) is 6.92. The van der Waals surface area contributed by atoms with Crippen molar-refractivity contribution >= 4 is 11.7 Å². The number of methoxy groups -OCH3 is 1. The van der Waals surface area contributed by atoms with E-state index in [0.717, 1.165) is 5.56 Å². The van der Waals surface area contributed by atoms with E-state index < -0.39 is 17.7 Å². The van der Waals surface area contributed by atoms with Gasteiger partial charge in [0.05, 0.1) is 12.7 Å². The molecule has 1 atom stereocenters. The number of furan rings is 1. The number of hydrogen-bond donors (Lipinski definition) is 1. The standard InChI is InChI=1S/C21H23NO5/c1-12(2)19(23)17-18(16-9-8-13(3)27-16)22(21(25)20(17)24)11-14-6-5-7-15(10-14)26-4/h5-10,12,18,24H,11H2,1-4H3. The number of ether oxygens (including phenoxy) is 1. The average Bonchev–Trinajstić information content (AvgIpc) is 3.17. The number of carbonyl (C=O) groups excluding carboxylic acids is 2. The van der Waals surface area contributed by atoms with E-state index in [4.69, 9.17) is 9.15 Å². The van der Waals surface area contributed by atoms with Gasteiger partial charge >= 0.3 is 0 Å². The van der Waals surface area contributed by atoms with Gasteiger partial charge in [0.1, 0.15) is 23.3 Å². The summed E-state index contributed by atoms with van der Waals surface area (Å²) in [7, 11) is 1.57. The summed E-state index contributed by atoms with van der Waals surface area (Å²) in [6.07, 6.45) is 0. The zero-order valence-corrected chi connectivity index (χ0v) is 15.9. The highest BCUT2D eigenvalue weighted by Crippen LogP contribution is 2.40. The number of nitrogens with zero attached hydrogens (tertiary/aromatic N) is 1. The molecule has 0 radical (unpaired) electrons. The van der Waals surface area contributed by atoms with Crippen molar-refractivity contribution in [2.45, 2.75) is 33.4 Å². The number of hydrogen-bond acceptors (Lipinski definition) is 5. The minimum Gasteiger partial charge on any atom is -0.503 e. The Morgan fingerprint density at radius 2 is 2.04 bits per heavy atom. The molecule has 0 saturated carbocycles. The first-order valence-corrected chi connectivity index (χ1v) is 8.81. The molecule has 27 heavy (non-hydrogen) atoms. The van der Waals surface area contributed by atoms with Gasteiger partial charge in [0.15, 0.2) is 11.5 Å². The van der Waals surface area contributed by atoms with E-state index in [-0.39, 0.29) is 23.8 Å². The molecular weight excluding hydrogens is 346 g/mol. The first kappa shape index (κ1) is 18.8. The van der Waals surface area contributed by atoms with Gasteiger partial charge in [-0.2, -0.15) is 0 Å². The molecule has 142 valence electrons. The minimum absolute atomic E-state index is 0.0900. The maximum Gasteiger partial charge on any atom is 0.290 e. The lowest BCUT2D eigenvalue weighted by Gasteiger charge is -2.25. The van der Waals surface area contributed by atoms with E-state index in [1.54, 1.807) is 40.0 Å². The molecule has 1 aliphatic heterocycles. The van der Waals surface area contributed by atoms with Crippen molar-refractivity contribution in [2.75, 3.05) is 7.11 Å². The number of ketones is 1. The zero-order valence-electron chi connectivity index (χ0n) is 15.9. The fourth-order valence-corrected chi connectivity index (χ4v) is 3.24. The van der Waals surface area contributed by atoms with Crippen molar-refractivity contribution in [1.29, 1.82) is 0 Å². The molecule has 3 rings (SSSR count). The Balaban J connectivity index is 2.04. The highest BCUT2D eigenvalue weighted by molar-refractivity contribution is 6.09. The lowest BCUT2D eigenvalue weighted by molar-refractivity contribution is -0.130. The summed E-state index contributed by atoms with van der Waals surface area (Å²) in [6.45, 7) is 5.48. The van der Waals surface area contributed by atoms with Gasteiger partial charge in [-0.3, -0.25) is 9.59 Å². The molecule has 1 aliphatic rings. The Morgan fingerprint density at radius 1 is 1.30 bits per heavy atom. The summed E-state index contributed by atoms with van der Waals surface area (Å²) in [5, 5.41) is 10.5. The van der Waals surface area contributed by atoms with Gasteiger partial charge in [0, 0.05) is 12.5 Å². The number of carbonyl (C=O) groups is 2. The van der Waals surface area contributed by atoms with E-state index >= 15 is 0 Å². The first-order valence-electron chi connectivity index (χ1n) is 8.81. The molecule has 1 aromatic heterocycles. The van der Waals surface area contributed by atoms with Crippen LogP contribution in [0.2, 0.25) is 0 Å². The second kappa shape index (κ2) is 7.31. The van der Waals surface area contributed by atoms with Gasteiger partial charge in [0.25, 0.3) is 5.91 Å². The van der Waals surface area contributed by atoms with E-state index in [9.17, 15) is 14.7 Å². The summed E-state index contributed by atoms with van der Waals surface area (Å²) >= 11 is 0. The van der Waals surface area contributed by atoms with Crippen LogP contribution in [-0.2, 0) is 16.1 Å². The number of rotatable bonds is 6. The molecule has 0 spiro atoms. The molecule has 2 heterocycles. The summed E-state index contributed by atoms with van der Waals surface area (Å²) in [4.78, 5) is 27.0. The molecule has 2 aromatic rings. The SMILES string of the molecule is COc1cccc(CN2C(=O)C(O)=C(C(=O)C(C)C)C2c2ccc(C)o2)c1. The van der Waals surface area contributed by atoms with Crippen LogP contribution in [0.25, 0.3) is 0 Å². The van der Waals surface area contributed by atoms with Gasteiger partial charge in [-0.25, -0.2) is 0 Å². The third-order valence-electron chi connectivity index (χ3n) is 4.61. The molecule has 6 nitrogen and oxygen atoms in total. The number of aliphatic hydroxyl groups excluding tert-OH is 1. The van der Waals surface area contributed by atoms with Crippen LogP contribution in [0, 0.1) is 12.8 Å². The van der Waals surface area contributed by atoms with Crippen LogP contribution in [0.5, 0.6) is 5.75 Å². The molecule has 0 fully saturated rings. The maximum absolute atomic E-state index is 12.8. The van der Waals surface area contributed by atoms with Crippen LogP contribution in [0.3, 0.4) is 0 Å². The Morgan fingerprint density at radius 3 is 2.63 bits per heavy atom. The molecular formula is C21H23NO5. The van der Waals surface area contributed by atoms with Gasteiger partial charge in [0.2, 0.25) is 0 Å². The lowest BCUT2D eigenvalue weighted by atomic mass is 9.94. The summed E-state index contributed by atoms with van der Waals surface area (Å²) in [5.41, 5.74) is 0.911. The molecule has 0 aliphatic carbocycles. The number of Topliss-reactive ketones (excluding diaryl/α,β-unsaturated/α-hetero) is 1. The van der Waals surface area contributed by atoms with E-state index in [2.05, 4.69) is 0 Å². The van der Waals surface area contributed by atoms with Crippen LogP contribution >= 0.6 is 0 Å². The Labute approximate surface area is 158 Å². The van der Waals surface area contributed by atoms with Crippen molar-refractivity contribution in [1.82, 2.24) is 4.90 Å². The fourth-order valence-electron chi connectivity index (χ4n) is 3.24.